The van der Waals surface area contributed by atoms with Gasteiger partial charge in [-0.2, -0.15) is 5.26 Å². The molecule has 2 rings (SSSR count). The van der Waals surface area contributed by atoms with Crippen molar-refractivity contribution in [3.63, 3.8) is 0 Å². The predicted molar refractivity (Wildman–Crippen MR) is 76.1 cm³/mol. The molecule has 18 heavy (non-hydrogen) atoms. The Hall–Kier alpha value is -1.35. The van der Waals surface area contributed by atoms with Crippen LogP contribution in [-0.2, 0) is 0 Å². The second-order valence-electron chi connectivity index (χ2n) is 3.36. The third kappa shape index (κ3) is 2.91. The number of hydrogen-bond acceptors (Lipinski definition) is 3. The average Bonchev–Trinajstić information content (AvgIpc) is 2.78. The third-order valence-electron chi connectivity index (χ3n) is 2.15. The van der Waals surface area contributed by atoms with Crippen LogP contribution in [0.25, 0.3) is 0 Å². The molecule has 0 aliphatic heterocycles. The number of nitrogens with zero attached hydrogens (tertiary/aromatic N) is 1. The van der Waals surface area contributed by atoms with Gasteiger partial charge < -0.3 is 5.32 Å². The number of hydrogen-bond donors (Lipinski definition) is 1. The molecule has 1 aromatic carbocycles. The largest absolute Gasteiger partial charge is 0.320 e. The summed E-state index contributed by atoms with van der Waals surface area (Å²) in [5.41, 5.74) is 0.885. The molecule has 3 nitrogen and oxygen atoms in total. The van der Waals surface area contributed by atoms with Crippen LogP contribution in [0.4, 0.5) is 5.69 Å². The van der Waals surface area contributed by atoms with E-state index in [1.54, 1.807) is 30.3 Å². The Bertz CT molecular complexity index is 648. The number of nitriles is 1. The first-order valence-electron chi connectivity index (χ1n) is 4.86. The van der Waals surface area contributed by atoms with Gasteiger partial charge in [0.2, 0.25) is 0 Å². The molecule has 0 spiro atoms. The Morgan fingerprint density at radius 2 is 2.17 bits per heavy atom. The molecule has 0 atom stereocenters. The molecule has 0 saturated carbocycles. The normalized spacial score (nSPS) is 9.83. The predicted octanol–water partition coefficient (Wildman–Crippen LogP) is 4.29. The molecule has 2 aromatic rings. The molecule has 0 fully saturated rings. The molecule has 90 valence electrons. The summed E-state index contributed by atoms with van der Waals surface area (Å²) in [6, 6.07) is 10.4. The maximum atomic E-state index is 11.9. The highest BCUT2D eigenvalue weighted by Crippen LogP contribution is 2.24. The van der Waals surface area contributed by atoms with E-state index >= 15 is 0 Å². The lowest BCUT2D eigenvalue weighted by molar-refractivity contribution is 0.103. The Morgan fingerprint density at radius 3 is 2.78 bits per heavy atom. The molecule has 1 amide bonds. The van der Waals surface area contributed by atoms with Gasteiger partial charge in [-0.1, -0.05) is 27.5 Å². The zero-order chi connectivity index (χ0) is 13.1. The summed E-state index contributed by atoms with van der Waals surface area (Å²) in [5.74, 6) is -0.272. The van der Waals surface area contributed by atoms with E-state index in [0.29, 0.717) is 20.5 Å². The first kappa shape index (κ1) is 13.1. The fourth-order valence-corrected chi connectivity index (χ4v) is 2.64. The van der Waals surface area contributed by atoms with Crippen LogP contribution < -0.4 is 5.32 Å². The smallest absolute Gasteiger partial charge is 0.265 e. The molecule has 0 saturated heterocycles. The number of anilines is 1. The third-order valence-corrected chi connectivity index (χ3v) is 3.87. The first-order chi connectivity index (χ1) is 8.60. The highest BCUT2D eigenvalue weighted by Gasteiger charge is 2.11. The van der Waals surface area contributed by atoms with E-state index in [2.05, 4.69) is 21.2 Å². The van der Waals surface area contributed by atoms with Crippen molar-refractivity contribution in [3.8, 4) is 6.07 Å². The maximum Gasteiger partial charge on any atom is 0.265 e. The van der Waals surface area contributed by atoms with E-state index < -0.39 is 0 Å². The first-order valence-corrected chi connectivity index (χ1v) is 6.85. The van der Waals surface area contributed by atoms with E-state index in [1.165, 1.54) is 11.3 Å². The minimum absolute atomic E-state index is 0.272. The van der Waals surface area contributed by atoms with Crippen LogP contribution in [0.3, 0.4) is 0 Å². The number of nitrogens with one attached hydrogen (secondary N) is 1. The summed E-state index contributed by atoms with van der Waals surface area (Å²) in [6.07, 6.45) is 0. The van der Waals surface area contributed by atoms with E-state index in [9.17, 15) is 4.79 Å². The standard InChI is InChI=1S/C12H6BrClN2OS/c13-8-1-2-9(7(5-8)6-15)16-12(17)10-3-4-11(14)18-10/h1-5H,(H,16,17). The highest BCUT2D eigenvalue weighted by molar-refractivity contribution is 9.10. The van der Waals surface area contributed by atoms with Gasteiger partial charge >= 0.3 is 0 Å². The van der Waals surface area contributed by atoms with Gasteiger partial charge in [-0.25, -0.2) is 0 Å². The van der Waals surface area contributed by atoms with Crippen molar-refractivity contribution < 1.29 is 4.79 Å². The number of benzene rings is 1. The molecule has 0 unspecified atom stereocenters. The van der Waals surface area contributed by atoms with Gasteiger partial charge in [-0.05, 0) is 30.3 Å². The summed E-state index contributed by atoms with van der Waals surface area (Å²) in [6.45, 7) is 0. The van der Waals surface area contributed by atoms with Crippen molar-refractivity contribution in [2.75, 3.05) is 5.32 Å². The molecular weight excluding hydrogens is 336 g/mol. The summed E-state index contributed by atoms with van der Waals surface area (Å²) in [5, 5.41) is 11.7. The van der Waals surface area contributed by atoms with Gasteiger partial charge in [0, 0.05) is 4.47 Å². The van der Waals surface area contributed by atoms with Crippen LogP contribution in [0.5, 0.6) is 0 Å². The molecule has 1 N–H and O–H groups in total. The van der Waals surface area contributed by atoms with Crippen LogP contribution in [0, 0.1) is 11.3 Å². The van der Waals surface area contributed by atoms with Gasteiger partial charge in [0.05, 0.1) is 20.5 Å². The SMILES string of the molecule is N#Cc1cc(Br)ccc1NC(=O)c1ccc(Cl)s1. The highest BCUT2D eigenvalue weighted by atomic mass is 79.9. The lowest BCUT2D eigenvalue weighted by atomic mass is 10.2. The summed E-state index contributed by atoms with van der Waals surface area (Å²) in [7, 11) is 0. The number of thiophene rings is 1. The molecule has 0 bridgehead atoms. The Balaban J connectivity index is 2.25. The van der Waals surface area contributed by atoms with Crippen molar-refractivity contribution in [2.24, 2.45) is 0 Å². The van der Waals surface area contributed by atoms with E-state index in [-0.39, 0.29) is 5.91 Å². The minimum Gasteiger partial charge on any atom is -0.320 e. The van der Waals surface area contributed by atoms with Crippen LogP contribution in [-0.4, -0.2) is 5.91 Å². The van der Waals surface area contributed by atoms with Crippen molar-refractivity contribution in [2.45, 2.75) is 0 Å². The zero-order valence-corrected chi connectivity index (χ0v) is 12.1. The van der Waals surface area contributed by atoms with Crippen LogP contribution in [0.2, 0.25) is 4.34 Å². The van der Waals surface area contributed by atoms with E-state index in [1.807, 2.05) is 6.07 Å². The van der Waals surface area contributed by atoms with Crippen molar-refractivity contribution >= 4 is 50.5 Å². The Kier molecular flexibility index (Phi) is 4.02. The quantitative estimate of drug-likeness (QED) is 0.886. The maximum absolute atomic E-state index is 11.9. The fraction of sp³-hybridized carbons (Fsp3) is 0. The number of amides is 1. The van der Waals surface area contributed by atoms with Crippen molar-refractivity contribution in [1.29, 1.82) is 5.26 Å². The summed E-state index contributed by atoms with van der Waals surface area (Å²) >= 11 is 10.2. The van der Waals surface area contributed by atoms with Gasteiger partial charge in [0.1, 0.15) is 6.07 Å². The van der Waals surface area contributed by atoms with Gasteiger partial charge in [-0.15, -0.1) is 11.3 Å². The molecule has 0 aliphatic carbocycles. The monoisotopic (exact) mass is 340 g/mol. The van der Waals surface area contributed by atoms with Crippen LogP contribution in [0.15, 0.2) is 34.8 Å². The minimum atomic E-state index is -0.272. The molecule has 0 aliphatic rings. The second-order valence-corrected chi connectivity index (χ2v) is 5.99. The molecular formula is C12H6BrClN2OS. The molecule has 1 aromatic heterocycles. The van der Waals surface area contributed by atoms with Crippen LogP contribution >= 0.6 is 38.9 Å². The number of rotatable bonds is 2. The fourth-order valence-electron chi connectivity index (χ4n) is 1.34. The van der Waals surface area contributed by atoms with E-state index in [0.717, 1.165) is 4.47 Å². The lowest BCUT2D eigenvalue weighted by Crippen LogP contribution is -2.11. The van der Waals surface area contributed by atoms with Gasteiger partial charge in [0.15, 0.2) is 0 Å². The Labute approximate surface area is 121 Å². The summed E-state index contributed by atoms with van der Waals surface area (Å²) < 4.78 is 1.34. The number of halogens is 2. The Morgan fingerprint density at radius 1 is 1.39 bits per heavy atom. The molecule has 1 heterocycles. The molecule has 6 heteroatoms. The topological polar surface area (TPSA) is 52.9 Å². The number of carbonyl (C=O) groups excluding carboxylic acids is 1. The van der Waals surface area contributed by atoms with Gasteiger partial charge in [0.25, 0.3) is 5.91 Å². The van der Waals surface area contributed by atoms with E-state index in [4.69, 9.17) is 16.9 Å². The van der Waals surface area contributed by atoms with Crippen LogP contribution in [0.1, 0.15) is 15.2 Å². The summed E-state index contributed by atoms with van der Waals surface area (Å²) in [4.78, 5) is 12.4. The zero-order valence-electron chi connectivity index (χ0n) is 8.91. The lowest BCUT2D eigenvalue weighted by Gasteiger charge is -2.05. The molecule has 0 radical (unpaired) electrons. The second kappa shape index (κ2) is 5.53. The van der Waals surface area contributed by atoms with Crippen molar-refractivity contribution in [3.05, 3.63) is 49.6 Å². The average molecular weight is 342 g/mol. The van der Waals surface area contributed by atoms with Crippen molar-refractivity contribution in [1.82, 2.24) is 0 Å². The van der Waals surface area contributed by atoms with Gasteiger partial charge in [-0.3, -0.25) is 4.79 Å². The number of carbonyl (C=O) groups is 1.